The van der Waals surface area contributed by atoms with Gasteiger partial charge in [-0.3, -0.25) is 9.36 Å². The van der Waals surface area contributed by atoms with E-state index in [-0.39, 0.29) is 18.3 Å². The highest BCUT2D eigenvalue weighted by molar-refractivity contribution is 7.99. The first-order chi connectivity index (χ1) is 13.2. The van der Waals surface area contributed by atoms with E-state index in [9.17, 15) is 9.59 Å². The average Bonchev–Trinajstić information content (AvgIpc) is 3.09. The summed E-state index contributed by atoms with van der Waals surface area (Å²) in [7, 11) is 0. The molecule has 138 valence electrons. The molecule has 27 heavy (non-hydrogen) atoms. The van der Waals surface area contributed by atoms with Crippen LogP contribution in [-0.4, -0.2) is 55.6 Å². The van der Waals surface area contributed by atoms with Gasteiger partial charge in [-0.1, -0.05) is 30.0 Å². The molecule has 2 fully saturated rings. The standard InChI is InChI=1S/C18H17N5O3S/c24-15(22-7-8-26-18(22)25)10-27-17-21-20-16(23(17)11-5-6-11)13-9-19-14-4-2-1-3-12(13)14/h1-4,9,11,19H,5-8,10H2. The van der Waals surface area contributed by atoms with Gasteiger partial charge in [-0.15, -0.1) is 10.2 Å². The number of carbonyl (C=O) groups is 2. The SMILES string of the molecule is O=C(CSc1nnc(-c2c[nH]c3ccccc23)n1C1CC1)N1CCOC1=O. The third kappa shape index (κ3) is 2.87. The number of rotatable bonds is 5. The number of cyclic esters (lactones) is 1. The lowest BCUT2D eigenvalue weighted by molar-refractivity contribution is -0.125. The van der Waals surface area contributed by atoms with E-state index >= 15 is 0 Å². The number of aromatic amines is 1. The normalized spacial score (nSPS) is 16.9. The number of thioether (sulfide) groups is 1. The maximum absolute atomic E-state index is 12.3. The number of carbonyl (C=O) groups excluding carboxylic acids is 2. The van der Waals surface area contributed by atoms with Crippen molar-refractivity contribution in [3.63, 3.8) is 0 Å². The molecule has 1 aliphatic carbocycles. The first-order valence-electron chi connectivity index (χ1n) is 8.83. The number of nitrogens with one attached hydrogen (secondary N) is 1. The summed E-state index contributed by atoms with van der Waals surface area (Å²) in [4.78, 5) is 28.2. The van der Waals surface area contributed by atoms with Crippen LogP contribution in [0.2, 0.25) is 0 Å². The number of benzene rings is 1. The second-order valence-corrected chi connectivity index (χ2v) is 7.55. The monoisotopic (exact) mass is 383 g/mol. The molecular weight excluding hydrogens is 366 g/mol. The van der Waals surface area contributed by atoms with Crippen molar-refractivity contribution in [1.82, 2.24) is 24.6 Å². The van der Waals surface area contributed by atoms with E-state index in [0.29, 0.717) is 17.7 Å². The summed E-state index contributed by atoms with van der Waals surface area (Å²) in [6.07, 6.45) is 3.54. The summed E-state index contributed by atoms with van der Waals surface area (Å²) in [5.41, 5.74) is 2.06. The van der Waals surface area contributed by atoms with Crippen LogP contribution in [0.5, 0.6) is 0 Å². The van der Waals surface area contributed by atoms with Gasteiger partial charge in [-0.2, -0.15) is 0 Å². The van der Waals surface area contributed by atoms with Crippen molar-refractivity contribution >= 4 is 34.7 Å². The van der Waals surface area contributed by atoms with Crippen LogP contribution < -0.4 is 0 Å². The van der Waals surface area contributed by atoms with Gasteiger partial charge < -0.3 is 9.72 Å². The Labute approximate surface area is 158 Å². The Balaban J connectivity index is 1.43. The van der Waals surface area contributed by atoms with E-state index in [0.717, 1.165) is 40.0 Å². The fourth-order valence-electron chi connectivity index (χ4n) is 3.30. The van der Waals surface area contributed by atoms with Crippen molar-refractivity contribution in [2.75, 3.05) is 18.9 Å². The van der Waals surface area contributed by atoms with Gasteiger partial charge in [0.05, 0.1) is 12.3 Å². The minimum absolute atomic E-state index is 0.133. The molecule has 8 nitrogen and oxygen atoms in total. The van der Waals surface area contributed by atoms with Crippen LogP contribution in [0, 0.1) is 0 Å². The van der Waals surface area contributed by atoms with Gasteiger partial charge in [0.15, 0.2) is 11.0 Å². The minimum atomic E-state index is -0.566. The summed E-state index contributed by atoms with van der Waals surface area (Å²) in [6.45, 7) is 0.576. The van der Waals surface area contributed by atoms with Crippen LogP contribution in [0.15, 0.2) is 35.6 Å². The van der Waals surface area contributed by atoms with E-state index in [2.05, 4.69) is 25.8 Å². The lowest BCUT2D eigenvalue weighted by Gasteiger charge is -2.11. The van der Waals surface area contributed by atoms with Crippen molar-refractivity contribution in [2.24, 2.45) is 0 Å². The fraction of sp³-hybridized carbons (Fsp3) is 0.333. The van der Waals surface area contributed by atoms with Crippen LogP contribution in [0.25, 0.3) is 22.3 Å². The van der Waals surface area contributed by atoms with E-state index in [1.807, 2.05) is 24.4 Å². The number of hydrogen-bond donors (Lipinski definition) is 1. The zero-order valence-electron chi connectivity index (χ0n) is 14.4. The van der Waals surface area contributed by atoms with E-state index in [1.54, 1.807) is 0 Å². The maximum Gasteiger partial charge on any atom is 0.416 e. The van der Waals surface area contributed by atoms with Gasteiger partial charge in [0.2, 0.25) is 5.91 Å². The number of ether oxygens (including phenoxy) is 1. The summed E-state index contributed by atoms with van der Waals surface area (Å²) in [6, 6.07) is 8.44. The van der Waals surface area contributed by atoms with Crippen molar-refractivity contribution < 1.29 is 14.3 Å². The molecule has 0 radical (unpaired) electrons. The molecule has 9 heteroatoms. The van der Waals surface area contributed by atoms with Crippen LogP contribution >= 0.6 is 11.8 Å². The topological polar surface area (TPSA) is 93.1 Å². The van der Waals surface area contributed by atoms with Crippen LogP contribution in [0.4, 0.5) is 4.79 Å². The molecule has 2 amide bonds. The molecule has 1 aromatic carbocycles. The number of nitrogens with zero attached hydrogens (tertiary/aromatic N) is 4. The van der Waals surface area contributed by atoms with Crippen molar-refractivity contribution in [3.8, 4) is 11.4 Å². The van der Waals surface area contributed by atoms with Gasteiger partial charge in [-0.25, -0.2) is 9.69 Å². The number of fused-ring (bicyclic) bond motifs is 1. The van der Waals surface area contributed by atoms with Gasteiger partial charge in [0.1, 0.15) is 6.61 Å². The number of amides is 2. The second-order valence-electron chi connectivity index (χ2n) is 6.60. The first-order valence-corrected chi connectivity index (χ1v) is 9.82. The first kappa shape index (κ1) is 16.4. The number of H-pyrrole nitrogens is 1. The Morgan fingerprint density at radius 3 is 2.93 bits per heavy atom. The molecular formula is C18H17N5O3S. The number of para-hydroxylation sites is 1. The molecule has 2 aliphatic rings. The van der Waals surface area contributed by atoms with Gasteiger partial charge in [0, 0.05) is 28.7 Å². The molecule has 1 aliphatic heterocycles. The Morgan fingerprint density at radius 2 is 2.15 bits per heavy atom. The minimum Gasteiger partial charge on any atom is -0.447 e. The lowest BCUT2D eigenvalue weighted by Crippen LogP contribution is -2.33. The third-order valence-corrected chi connectivity index (χ3v) is 5.72. The number of hydrogen-bond acceptors (Lipinski definition) is 6. The molecule has 5 rings (SSSR count). The van der Waals surface area contributed by atoms with E-state index in [4.69, 9.17) is 4.74 Å². The molecule has 0 bridgehead atoms. The zero-order valence-corrected chi connectivity index (χ0v) is 15.2. The Hall–Kier alpha value is -2.81. The highest BCUT2D eigenvalue weighted by Crippen LogP contribution is 2.42. The predicted octanol–water partition coefficient (Wildman–Crippen LogP) is 2.83. The van der Waals surface area contributed by atoms with Crippen LogP contribution in [0.1, 0.15) is 18.9 Å². The molecule has 3 heterocycles. The summed E-state index contributed by atoms with van der Waals surface area (Å²) in [5.74, 6) is 0.681. The largest absolute Gasteiger partial charge is 0.447 e. The van der Waals surface area contributed by atoms with Crippen LogP contribution in [-0.2, 0) is 9.53 Å². The highest BCUT2D eigenvalue weighted by Gasteiger charge is 2.32. The van der Waals surface area contributed by atoms with Crippen molar-refractivity contribution in [1.29, 1.82) is 0 Å². The number of imide groups is 1. The Morgan fingerprint density at radius 1 is 1.30 bits per heavy atom. The molecule has 1 N–H and O–H groups in total. The number of aromatic nitrogens is 4. The summed E-state index contributed by atoms with van der Waals surface area (Å²) < 4.78 is 6.95. The summed E-state index contributed by atoms with van der Waals surface area (Å²) >= 11 is 1.32. The molecule has 3 aromatic rings. The fourth-order valence-corrected chi connectivity index (χ4v) is 4.18. The quantitative estimate of drug-likeness (QED) is 0.681. The molecule has 2 aromatic heterocycles. The van der Waals surface area contributed by atoms with Crippen LogP contribution in [0.3, 0.4) is 0 Å². The molecule has 0 spiro atoms. The van der Waals surface area contributed by atoms with Gasteiger partial charge in [0.25, 0.3) is 0 Å². The van der Waals surface area contributed by atoms with Gasteiger partial charge in [-0.05, 0) is 18.9 Å². The van der Waals surface area contributed by atoms with E-state index < -0.39 is 6.09 Å². The van der Waals surface area contributed by atoms with E-state index in [1.165, 1.54) is 11.8 Å². The zero-order chi connectivity index (χ0) is 18.4. The highest BCUT2D eigenvalue weighted by atomic mass is 32.2. The van der Waals surface area contributed by atoms with Crippen molar-refractivity contribution in [3.05, 3.63) is 30.5 Å². The molecule has 1 saturated carbocycles. The third-order valence-electron chi connectivity index (χ3n) is 4.79. The predicted molar refractivity (Wildman–Crippen MR) is 99.4 cm³/mol. The maximum atomic E-state index is 12.3. The Kier molecular flexibility index (Phi) is 3.89. The van der Waals surface area contributed by atoms with Gasteiger partial charge >= 0.3 is 6.09 Å². The lowest BCUT2D eigenvalue weighted by atomic mass is 10.1. The molecule has 0 unspecified atom stereocenters. The van der Waals surface area contributed by atoms with Crippen molar-refractivity contribution in [2.45, 2.75) is 24.0 Å². The summed E-state index contributed by atoms with van der Waals surface area (Å²) in [5, 5.41) is 10.6. The second kappa shape index (κ2) is 6.41. The Bertz CT molecular complexity index is 1040. The average molecular weight is 383 g/mol. The smallest absolute Gasteiger partial charge is 0.416 e. The molecule has 0 atom stereocenters. The molecule has 1 saturated heterocycles.